The number of halogens is 2. The Kier molecular flexibility index (Phi) is 6.17. The Morgan fingerprint density at radius 3 is 2.96 bits per heavy atom. The van der Waals surface area contributed by atoms with E-state index in [2.05, 4.69) is 24.9 Å². The van der Waals surface area contributed by atoms with Crippen LogP contribution in [0.3, 0.4) is 0 Å². The van der Waals surface area contributed by atoms with Gasteiger partial charge in [-0.2, -0.15) is 8.78 Å². The maximum absolute atomic E-state index is 12.3. The molecule has 3 rings (SSSR count). The van der Waals surface area contributed by atoms with E-state index in [9.17, 15) is 13.9 Å². The molecule has 1 aromatic carbocycles. The molecule has 2 heterocycles. The van der Waals surface area contributed by atoms with E-state index < -0.39 is 6.61 Å². The zero-order valence-electron chi connectivity index (χ0n) is 14.3. The van der Waals surface area contributed by atoms with Crippen LogP contribution in [0, 0.1) is 0 Å². The van der Waals surface area contributed by atoms with Crippen molar-refractivity contribution < 1.29 is 18.6 Å². The van der Waals surface area contributed by atoms with Crippen molar-refractivity contribution in [3.8, 4) is 5.75 Å². The molecule has 26 heavy (non-hydrogen) atoms. The molecule has 1 aliphatic rings. The van der Waals surface area contributed by atoms with Crippen LogP contribution in [0.2, 0.25) is 0 Å². The second kappa shape index (κ2) is 8.75. The Balaban J connectivity index is 1.65. The molecule has 0 bridgehead atoms. The van der Waals surface area contributed by atoms with Crippen LogP contribution in [0.5, 0.6) is 5.75 Å². The van der Waals surface area contributed by atoms with Crippen molar-refractivity contribution in [3.63, 3.8) is 0 Å². The number of aliphatic hydroxyl groups excluding tert-OH is 1. The van der Waals surface area contributed by atoms with Gasteiger partial charge in [0.25, 0.3) is 0 Å². The molecule has 0 radical (unpaired) electrons. The van der Waals surface area contributed by atoms with Crippen molar-refractivity contribution in [3.05, 3.63) is 42.2 Å². The molecule has 0 aliphatic carbocycles. The van der Waals surface area contributed by atoms with Crippen LogP contribution in [-0.2, 0) is 6.54 Å². The molecule has 2 aromatic rings. The summed E-state index contributed by atoms with van der Waals surface area (Å²) in [6.45, 7) is -1.47. The number of hydrogen-bond acceptors (Lipinski definition) is 6. The van der Waals surface area contributed by atoms with E-state index in [1.165, 1.54) is 12.4 Å². The van der Waals surface area contributed by atoms with Crippen LogP contribution >= 0.6 is 0 Å². The van der Waals surface area contributed by atoms with Crippen molar-refractivity contribution in [2.45, 2.75) is 38.5 Å². The summed E-state index contributed by atoms with van der Waals surface area (Å²) in [6, 6.07) is 8.46. The Morgan fingerprint density at radius 1 is 1.27 bits per heavy atom. The third kappa shape index (κ3) is 4.78. The first-order valence-corrected chi connectivity index (χ1v) is 8.63. The number of anilines is 2. The number of piperidine rings is 1. The largest absolute Gasteiger partial charge is 0.435 e. The minimum absolute atomic E-state index is 0.0784. The van der Waals surface area contributed by atoms with Gasteiger partial charge in [0, 0.05) is 19.2 Å². The quantitative estimate of drug-likeness (QED) is 0.787. The van der Waals surface area contributed by atoms with Gasteiger partial charge >= 0.3 is 6.61 Å². The first kappa shape index (κ1) is 18.3. The Labute approximate surface area is 150 Å². The first-order chi connectivity index (χ1) is 12.7. The zero-order chi connectivity index (χ0) is 18.4. The maximum Gasteiger partial charge on any atom is 0.387 e. The minimum atomic E-state index is -2.84. The molecule has 1 unspecified atom stereocenters. The molecule has 1 aliphatic heterocycles. The predicted molar refractivity (Wildman–Crippen MR) is 94.5 cm³/mol. The minimum Gasteiger partial charge on any atom is -0.435 e. The van der Waals surface area contributed by atoms with Gasteiger partial charge in [-0.15, -0.1) is 0 Å². The molecule has 0 spiro atoms. The third-order valence-corrected chi connectivity index (χ3v) is 4.38. The number of benzene rings is 1. The van der Waals surface area contributed by atoms with Gasteiger partial charge < -0.3 is 20.1 Å². The normalized spacial score (nSPS) is 17.4. The number of aromatic nitrogens is 2. The topological polar surface area (TPSA) is 70.5 Å². The summed E-state index contributed by atoms with van der Waals surface area (Å²) in [5.74, 6) is 1.54. The van der Waals surface area contributed by atoms with Gasteiger partial charge in [0.15, 0.2) is 0 Å². The smallest absolute Gasteiger partial charge is 0.387 e. The SMILES string of the molecule is OCC1CCCCN1c1cc(NCc2cccc(OC(F)F)c2)ncn1. The Hall–Kier alpha value is -2.48. The lowest BCUT2D eigenvalue weighted by Gasteiger charge is -2.35. The van der Waals surface area contributed by atoms with Crippen molar-refractivity contribution in [1.29, 1.82) is 0 Å². The van der Waals surface area contributed by atoms with Crippen molar-refractivity contribution in [2.75, 3.05) is 23.4 Å². The second-order valence-corrected chi connectivity index (χ2v) is 6.17. The molecule has 0 saturated carbocycles. The van der Waals surface area contributed by atoms with Crippen molar-refractivity contribution >= 4 is 11.6 Å². The van der Waals surface area contributed by atoms with Gasteiger partial charge in [-0.1, -0.05) is 12.1 Å². The van der Waals surface area contributed by atoms with Gasteiger partial charge in [-0.3, -0.25) is 0 Å². The van der Waals surface area contributed by atoms with Crippen LogP contribution in [-0.4, -0.2) is 40.9 Å². The van der Waals surface area contributed by atoms with E-state index in [-0.39, 0.29) is 18.4 Å². The lowest BCUT2D eigenvalue weighted by molar-refractivity contribution is -0.0498. The van der Waals surface area contributed by atoms with Crippen LogP contribution in [0.15, 0.2) is 36.7 Å². The molecule has 0 amide bonds. The van der Waals surface area contributed by atoms with E-state index in [0.29, 0.717) is 12.4 Å². The molecule has 140 valence electrons. The van der Waals surface area contributed by atoms with E-state index in [1.54, 1.807) is 12.1 Å². The van der Waals surface area contributed by atoms with E-state index >= 15 is 0 Å². The van der Waals surface area contributed by atoms with Crippen molar-refractivity contribution in [1.82, 2.24) is 9.97 Å². The van der Waals surface area contributed by atoms with Gasteiger partial charge in [-0.25, -0.2) is 9.97 Å². The lowest BCUT2D eigenvalue weighted by atomic mass is 10.0. The molecule has 1 atom stereocenters. The number of nitrogens with one attached hydrogen (secondary N) is 1. The molecule has 2 N–H and O–H groups in total. The highest BCUT2D eigenvalue weighted by Crippen LogP contribution is 2.24. The van der Waals surface area contributed by atoms with Gasteiger partial charge in [0.1, 0.15) is 23.7 Å². The molecular weight excluding hydrogens is 342 g/mol. The molecule has 6 nitrogen and oxygen atoms in total. The number of alkyl halides is 2. The maximum atomic E-state index is 12.3. The number of ether oxygens (including phenoxy) is 1. The molecule has 1 fully saturated rings. The fourth-order valence-electron chi connectivity index (χ4n) is 3.12. The van der Waals surface area contributed by atoms with Crippen LogP contribution in [0.1, 0.15) is 24.8 Å². The predicted octanol–water partition coefficient (Wildman–Crippen LogP) is 3.04. The zero-order valence-corrected chi connectivity index (χ0v) is 14.3. The fourth-order valence-corrected chi connectivity index (χ4v) is 3.12. The summed E-state index contributed by atoms with van der Waals surface area (Å²) in [7, 11) is 0. The highest BCUT2D eigenvalue weighted by atomic mass is 19.3. The summed E-state index contributed by atoms with van der Waals surface area (Å²) in [5.41, 5.74) is 0.800. The molecule has 8 heteroatoms. The number of hydrogen-bond donors (Lipinski definition) is 2. The second-order valence-electron chi connectivity index (χ2n) is 6.17. The van der Waals surface area contributed by atoms with Crippen molar-refractivity contribution in [2.24, 2.45) is 0 Å². The first-order valence-electron chi connectivity index (χ1n) is 8.63. The van der Waals surface area contributed by atoms with Gasteiger partial charge in [0.05, 0.1) is 12.6 Å². The molecular formula is C18H22F2N4O2. The standard InChI is InChI=1S/C18H22F2N4O2/c19-18(20)26-15-6-3-4-13(8-15)10-21-16-9-17(23-12-22-16)24-7-2-1-5-14(24)11-25/h3-4,6,8-9,12,14,18,25H,1-2,5,7,10-11H2,(H,21,22,23). The Bertz CT molecular complexity index is 717. The number of rotatable bonds is 7. The average Bonchev–Trinajstić information content (AvgIpc) is 2.66. The molecule has 1 aromatic heterocycles. The van der Waals surface area contributed by atoms with E-state index in [0.717, 1.165) is 37.2 Å². The third-order valence-electron chi connectivity index (χ3n) is 4.38. The van der Waals surface area contributed by atoms with Gasteiger partial charge in [0.2, 0.25) is 0 Å². The summed E-state index contributed by atoms with van der Waals surface area (Å²) in [5, 5.41) is 12.7. The fraction of sp³-hybridized carbons (Fsp3) is 0.444. The summed E-state index contributed by atoms with van der Waals surface area (Å²) >= 11 is 0. The van der Waals surface area contributed by atoms with Crippen LogP contribution in [0.4, 0.5) is 20.4 Å². The van der Waals surface area contributed by atoms with E-state index in [4.69, 9.17) is 0 Å². The monoisotopic (exact) mass is 364 g/mol. The average molecular weight is 364 g/mol. The summed E-state index contributed by atoms with van der Waals surface area (Å²) < 4.78 is 29.0. The number of aliphatic hydroxyl groups is 1. The van der Waals surface area contributed by atoms with Crippen LogP contribution < -0.4 is 15.0 Å². The Morgan fingerprint density at radius 2 is 2.15 bits per heavy atom. The summed E-state index contributed by atoms with van der Waals surface area (Å²) in [4.78, 5) is 10.6. The lowest BCUT2D eigenvalue weighted by Crippen LogP contribution is -2.42. The van der Waals surface area contributed by atoms with Crippen LogP contribution in [0.25, 0.3) is 0 Å². The highest BCUT2D eigenvalue weighted by Gasteiger charge is 2.23. The molecule has 1 saturated heterocycles. The van der Waals surface area contributed by atoms with E-state index in [1.807, 2.05) is 12.1 Å². The summed E-state index contributed by atoms with van der Waals surface area (Å²) in [6.07, 6.45) is 4.60. The van der Waals surface area contributed by atoms with Gasteiger partial charge in [-0.05, 0) is 37.0 Å². The highest BCUT2D eigenvalue weighted by molar-refractivity contribution is 5.50. The number of nitrogens with zero attached hydrogens (tertiary/aromatic N) is 3.